The fourth-order valence-electron chi connectivity index (χ4n) is 4.36. The highest BCUT2D eigenvalue weighted by molar-refractivity contribution is 5.75. The molecule has 6 nitrogen and oxygen atoms in total. The van der Waals surface area contributed by atoms with Crippen molar-refractivity contribution in [2.45, 2.75) is 57.5 Å². The summed E-state index contributed by atoms with van der Waals surface area (Å²) in [7, 11) is 1.91. The predicted molar refractivity (Wildman–Crippen MR) is 108 cm³/mol. The van der Waals surface area contributed by atoms with Crippen LogP contribution in [0.15, 0.2) is 24.3 Å². The average Bonchev–Trinajstić information content (AvgIpc) is 3.21. The van der Waals surface area contributed by atoms with Gasteiger partial charge < -0.3 is 20.9 Å². The number of piperidine rings is 1. The van der Waals surface area contributed by atoms with E-state index in [9.17, 15) is 9.59 Å². The first kappa shape index (κ1) is 19.5. The second-order valence-corrected chi connectivity index (χ2v) is 7.80. The van der Waals surface area contributed by atoms with Crippen LogP contribution in [0.2, 0.25) is 0 Å². The van der Waals surface area contributed by atoms with Crippen molar-refractivity contribution in [1.82, 2.24) is 15.5 Å². The van der Waals surface area contributed by atoms with Gasteiger partial charge in [-0.2, -0.15) is 0 Å². The van der Waals surface area contributed by atoms with Gasteiger partial charge in [-0.3, -0.25) is 4.79 Å². The quantitative estimate of drug-likeness (QED) is 0.743. The van der Waals surface area contributed by atoms with Crippen LogP contribution in [0.5, 0.6) is 0 Å². The number of hydrogen-bond donors (Lipinski definition) is 3. The van der Waals surface area contributed by atoms with E-state index < -0.39 is 0 Å². The maximum absolute atomic E-state index is 12.7. The van der Waals surface area contributed by atoms with Crippen LogP contribution >= 0.6 is 0 Å². The van der Waals surface area contributed by atoms with Crippen LogP contribution in [0.25, 0.3) is 0 Å². The highest BCUT2D eigenvalue weighted by atomic mass is 16.2. The molecule has 1 aromatic carbocycles. The number of rotatable bonds is 5. The number of carbonyl (C=O) groups is 2. The molecule has 1 heterocycles. The summed E-state index contributed by atoms with van der Waals surface area (Å²) < 4.78 is 0. The smallest absolute Gasteiger partial charge is 0.315 e. The molecule has 2 aliphatic rings. The number of carbonyl (C=O) groups excluding carboxylic acids is 2. The maximum Gasteiger partial charge on any atom is 0.315 e. The second-order valence-electron chi connectivity index (χ2n) is 7.80. The van der Waals surface area contributed by atoms with Crippen molar-refractivity contribution in [2.75, 3.05) is 25.5 Å². The van der Waals surface area contributed by atoms with E-state index in [1.54, 1.807) is 6.92 Å². The van der Waals surface area contributed by atoms with Gasteiger partial charge in [-0.25, -0.2) is 4.79 Å². The molecule has 148 valence electrons. The van der Waals surface area contributed by atoms with E-state index in [0.717, 1.165) is 50.0 Å². The van der Waals surface area contributed by atoms with Crippen molar-refractivity contribution in [3.05, 3.63) is 29.8 Å². The van der Waals surface area contributed by atoms with Gasteiger partial charge >= 0.3 is 6.03 Å². The summed E-state index contributed by atoms with van der Waals surface area (Å²) in [4.78, 5) is 26.0. The third-order valence-electron chi connectivity index (χ3n) is 5.97. The first-order valence-corrected chi connectivity index (χ1v) is 10.2. The lowest BCUT2D eigenvalue weighted by molar-refractivity contribution is -0.129. The molecule has 1 aliphatic heterocycles. The number of amides is 3. The minimum Gasteiger partial charge on any atom is -0.388 e. The molecular formula is C21H32N4O2. The van der Waals surface area contributed by atoms with Crippen LogP contribution in [-0.4, -0.2) is 43.0 Å². The minimum atomic E-state index is -0.0944. The van der Waals surface area contributed by atoms with E-state index in [-0.39, 0.29) is 24.0 Å². The third-order valence-corrected chi connectivity index (χ3v) is 5.97. The molecule has 3 amide bonds. The Balaban J connectivity index is 1.62. The van der Waals surface area contributed by atoms with Gasteiger partial charge in [0.05, 0.1) is 6.04 Å². The van der Waals surface area contributed by atoms with Crippen molar-refractivity contribution in [1.29, 1.82) is 0 Å². The molecule has 27 heavy (non-hydrogen) atoms. The molecule has 0 bridgehead atoms. The summed E-state index contributed by atoms with van der Waals surface area (Å²) in [5.74, 6) is 0.603. The molecule has 1 saturated heterocycles. The van der Waals surface area contributed by atoms with Crippen LogP contribution in [-0.2, 0) is 4.79 Å². The van der Waals surface area contributed by atoms with Gasteiger partial charge in [0.25, 0.3) is 0 Å². The zero-order chi connectivity index (χ0) is 19.2. The Labute approximate surface area is 162 Å². The highest BCUT2D eigenvalue weighted by Crippen LogP contribution is 2.36. The first-order chi connectivity index (χ1) is 13.1. The summed E-state index contributed by atoms with van der Waals surface area (Å²) in [6.45, 7) is 3.04. The lowest BCUT2D eigenvalue weighted by atomic mass is 9.91. The Kier molecular flexibility index (Phi) is 6.58. The third kappa shape index (κ3) is 5.15. The Bertz CT molecular complexity index is 649. The molecule has 3 rings (SSSR count). The molecule has 0 radical (unpaired) electrons. The van der Waals surface area contributed by atoms with Crippen LogP contribution < -0.4 is 16.0 Å². The van der Waals surface area contributed by atoms with Gasteiger partial charge in [-0.05, 0) is 49.3 Å². The summed E-state index contributed by atoms with van der Waals surface area (Å²) >= 11 is 0. The molecular weight excluding hydrogens is 340 g/mol. The number of nitrogens with zero attached hydrogens (tertiary/aromatic N) is 1. The molecule has 1 aliphatic carbocycles. The molecule has 1 aromatic rings. The lowest BCUT2D eigenvalue weighted by Crippen LogP contribution is -2.49. The Morgan fingerprint density at radius 3 is 2.44 bits per heavy atom. The summed E-state index contributed by atoms with van der Waals surface area (Å²) in [5, 5.41) is 9.56. The van der Waals surface area contributed by atoms with E-state index in [4.69, 9.17) is 0 Å². The van der Waals surface area contributed by atoms with Gasteiger partial charge in [0, 0.05) is 38.8 Å². The Morgan fingerprint density at radius 1 is 1.11 bits per heavy atom. The first-order valence-electron chi connectivity index (χ1n) is 10.2. The fourth-order valence-corrected chi connectivity index (χ4v) is 4.36. The van der Waals surface area contributed by atoms with E-state index in [2.05, 4.69) is 28.1 Å². The number of urea groups is 1. The second kappa shape index (κ2) is 9.11. The number of nitrogens with one attached hydrogen (secondary N) is 3. The van der Waals surface area contributed by atoms with Gasteiger partial charge in [0.15, 0.2) is 0 Å². The molecule has 2 fully saturated rings. The van der Waals surface area contributed by atoms with E-state index >= 15 is 0 Å². The van der Waals surface area contributed by atoms with Gasteiger partial charge in [0.1, 0.15) is 0 Å². The maximum atomic E-state index is 12.7. The summed E-state index contributed by atoms with van der Waals surface area (Å²) in [6, 6.07) is 8.40. The van der Waals surface area contributed by atoms with Gasteiger partial charge in [-0.1, -0.05) is 25.0 Å². The molecule has 0 aromatic heterocycles. The largest absolute Gasteiger partial charge is 0.388 e. The zero-order valence-corrected chi connectivity index (χ0v) is 16.5. The summed E-state index contributed by atoms with van der Waals surface area (Å²) in [5.41, 5.74) is 2.23. The SMILES string of the molecule is CNc1cccc([C@@H](NC(=O)NC2CCN(C(C)=O)CC2)C2CCCC2)c1. The van der Waals surface area contributed by atoms with Crippen molar-refractivity contribution in [2.24, 2.45) is 5.92 Å². The van der Waals surface area contributed by atoms with E-state index in [1.807, 2.05) is 24.1 Å². The summed E-state index contributed by atoms with van der Waals surface area (Å²) in [6.07, 6.45) is 6.42. The number of benzene rings is 1. The standard InChI is InChI=1S/C21H32N4O2/c1-15(26)25-12-10-18(11-13-25)23-21(27)24-20(16-6-3-4-7-16)17-8-5-9-19(14-17)22-2/h5,8-9,14,16,18,20,22H,3-4,6-7,10-13H2,1-2H3,(H2,23,24,27)/t20-/m0/s1. The zero-order valence-electron chi connectivity index (χ0n) is 16.5. The fraction of sp³-hybridized carbons (Fsp3) is 0.619. The number of hydrogen-bond acceptors (Lipinski definition) is 3. The van der Waals surface area contributed by atoms with Crippen LogP contribution in [0.4, 0.5) is 10.5 Å². The average molecular weight is 373 g/mol. The predicted octanol–water partition coefficient (Wildman–Crippen LogP) is 3.27. The van der Waals surface area contributed by atoms with Crippen molar-refractivity contribution in [3.8, 4) is 0 Å². The lowest BCUT2D eigenvalue weighted by Gasteiger charge is -2.32. The Hall–Kier alpha value is -2.24. The van der Waals surface area contributed by atoms with Crippen molar-refractivity contribution in [3.63, 3.8) is 0 Å². The highest BCUT2D eigenvalue weighted by Gasteiger charge is 2.29. The van der Waals surface area contributed by atoms with Crippen molar-refractivity contribution >= 4 is 17.6 Å². The molecule has 1 saturated carbocycles. The monoisotopic (exact) mass is 372 g/mol. The Morgan fingerprint density at radius 2 is 1.81 bits per heavy atom. The molecule has 6 heteroatoms. The van der Waals surface area contributed by atoms with Crippen molar-refractivity contribution < 1.29 is 9.59 Å². The van der Waals surface area contributed by atoms with Gasteiger partial charge in [-0.15, -0.1) is 0 Å². The van der Waals surface area contributed by atoms with Crippen LogP contribution in [0.1, 0.15) is 57.1 Å². The number of likely N-dealkylation sites (tertiary alicyclic amines) is 1. The molecule has 3 N–H and O–H groups in total. The minimum absolute atomic E-state index is 0.0399. The van der Waals surface area contributed by atoms with Gasteiger partial charge in [0.2, 0.25) is 5.91 Å². The normalized spacial score (nSPS) is 19.6. The van der Waals surface area contributed by atoms with Crippen LogP contribution in [0, 0.1) is 5.92 Å². The molecule has 0 unspecified atom stereocenters. The van der Waals surface area contributed by atoms with E-state index in [1.165, 1.54) is 12.8 Å². The van der Waals surface area contributed by atoms with Crippen LogP contribution in [0.3, 0.4) is 0 Å². The van der Waals surface area contributed by atoms with E-state index in [0.29, 0.717) is 5.92 Å². The molecule has 1 atom stereocenters. The molecule has 0 spiro atoms. The number of anilines is 1. The topological polar surface area (TPSA) is 73.5 Å².